The summed E-state index contributed by atoms with van der Waals surface area (Å²) in [7, 11) is -2.07. The molecule has 0 bridgehead atoms. The van der Waals surface area contributed by atoms with E-state index >= 15 is 0 Å². The fourth-order valence-corrected chi connectivity index (χ4v) is 9.88. The number of nitrogens with one attached hydrogen (secondary N) is 1. The zero-order chi connectivity index (χ0) is 21.6. The molecule has 0 unspecified atom stereocenters. The predicted octanol–water partition coefficient (Wildman–Crippen LogP) is 6.67. The number of rotatable bonds is 3. The van der Waals surface area contributed by atoms with Crippen molar-refractivity contribution in [2.75, 3.05) is 31.5 Å². The molecular formula is C23H39N4OPS. The second-order valence-electron chi connectivity index (χ2n) is 9.56. The molecule has 2 aliphatic heterocycles. The van der Waals surface area contributed by atoms with E-state index in [0.29, 0.717) is 5.11 Å². The number of hydrogen-bond acceptors (Lipinski definition) is 2. The second kappa shape index (κ2) is 10.6. The summed E-state index contributed by atoms with van der Waals surface area (Å²) in [5.74, 6) is 0.236. The molecule has 2 fully saturated rings. The maximum Gasteiger partial charge on any atom is 0.198 e. The zero-order valence-electron chi connectivity index (χ0n) is 18.9. The molecule has 2 heterocycles. The summed E-state index contributed by atoms with van der Waals surface area (Å²) in [6.07, 6.45) is 10.2. The Morgan fingerprint density at radius 3 is 1.87 bits per heavy atom. The number of aromatic hydroxyl groups is 1. The molecule has 3 rings (SSSR count). The molecule has 7 heteroatoms. The van der Waals surface area contributed by atoms with Gasteiger partial charge in [0.15, 0.2) is 5.11 Å². The lowest BCUT2D eigenvalue weighted by Crippen LogP contribution is -2.42. The maximum atomic E-state index is 9.83. The maximum absolute atomic E-state index is 9.83. The number of hydrogen-bond donors (Lipinski definition) is 2. The topological polar surface area (TPSA) is 51.1 Å². The lowest BCUT2D eigenvalue weighted by molar-refractivity contribution is 0.368. The molecule has 1 aromatic carbocycles. The van der Waals surface area contributed by atoms with E-state index in [9.17, 15) is 5.11 Å². The van der Waals surface area contributed by atoms with Crippen LogP contribution in [0.4, 0.5) is 5.69 Å². The van der Waals surface area contributed by atoms with Gasteiger partial charge in [0.25, 0.3) is 0 Å². The van der Waals surface area contributed by atoms with Crippen LogP contribution in [0.5, 0.6) is 5.75 Å². The highest BCUT2D eigenvalue weighted by atomic mass is 32.1. The van der Waals surface area contributed by atoms with E-state index < -0.39 is 7.36 Å². The molecule has 0 atom stereocenters. The Morgan fingerprint density at radius 1 is 0.933 bits per heavy atom. The van der Waals surface area contributed by atoms with E-state index in [-0.39, 0.29) is 10.9 Å². The Labute approximate surface area is 188 Å². The number of phenolic OH excluding ortho intramolecular Hbond substituents is 1. The fraction of sp³-hybridized carbons (Fsp3) is 0.696. The van der Waals surface area contributed by atoms with Gasteiger partial charge < -0.3 is 10.4 Å². The van der Waals surface area contributed by atoms with E-state index in [1.807, 2.05) is 12.1 Å². The first-order chi connectivity index (χ1) is 14.3. The summed E-state index contributed by atoms with van der Waals surface area (Å²) in [4.78, 5) is 0. The quantitative estimate of drug-likeness (QED) is 0.398. The van der Waals surface area contributed by atoms with Gasteiger partial charge in [-0.1, -0.05) is 52.5 Å². The molecule has 30 heavy (non-hydrogen) atoms. The Balaban J connectivity index is 2.05. The van der Waals surface area contributed by atoms with Crippen molar-refractivity contribution in [3.8, 4) is 5.75 Å². The van der Waals surface area contributed by atoms with Gasteiger partial charge in [0.05, 0.1) is 0 Å². The highest BCUT2D eigenvalue weighted by molar-refractivity contribution is 7.81. The van der Waals surface area contributed by atoms with Gasteiger partial charge >= 0.3 is 0 Å². The summed E-state index contributed by atoms with van der Waals surface area (Å²) in [5, 5.41) is 13.7. The van der Waals surface area contributed by atoms with E-state index in [1.165, 1.54) is 51.4 Å². The smallest absolute Gasteiger partial charge is 0.198 e. The molecule has 2 aliphatic rings. The zero-order valence-corrected chi connectivity index (χ0v) is 20.6. The first-order valence-corrected chi connectivity index (χ1v) is 13.6. The molecule has 2 N–H and O–H groups in total. The van der Waals surface area contributed by atoms with Crippen molar-refractivity contribution in [1.29, 1.82) is 0 Å². The monoisotopic (exact) mass is 450 g/mol. The van der Waals surface area contributed by atoms with Crippen LogP contribution in [-0.4, -0.2) is 50.9 Å². The molecule has 5 nitrogen and oxygen atoms in total. The molecular weight excluding hydrogens is 411 g/mol. The van der Waals surface area contributed by atoms with Crippen molar-refractivity contribution in [3.05, 3.63) is 24.3 Å². The molecule has 0 aliphatic carbocycles. The third-order valence-corrected chi connectivity index (χ3v) is 11.2. The normalized spacial score (nSPS) is 20.2. The molecule has 168 valence electrons. The van der Waals surface area contributed by atoms with Gasteiger partial charge in [-0.25, -0.2) is 4.74 Å². The van der Waals surface area contributed by atoms with Crippen molar-refractivity contribution >= 4 is 30.4 Å². The number of benzene rings is 1. The summed E-state index contributed by atoms with van der Waals surface area (Å²) in [6, 6.07) is 7.13. The highest BCUT2D eigenvalue weighted by Gasteiger charge is 2.44. The molecule has 2 saturated heterocycles. The van der Waals surface area contributed by atoms with Gasteiger partial charge in [-0.15, -0.1) is 0 Å². The Hall–Kier alpha value is -0.940. The van der Waals surface area contributed by atoms with Gasteiger partial charge in [0, 0.05) is 43.1 Å². The first-order valence-electron chi connectivity index (χ1n) is 11.6. The fourth-order valence-electron chi connectivity index (χ4n) is 4.83. The van der Waals surface area contributed by atoms with E-state index in [0.717, 1.165) is 31.9 Å². The van der Waals surface area contributed by atoms with Crippen LogP contribution < -0.4 is 5.32 Å². The Kier molecular flexibility index (Phi) is 8.37. The van der Waals surface area contributed by atoms with E-state index in [4.69, 9.17) is 17.0 Å². The number of thiocarbonyl (C=S) groups is 1. The van der Waals surface area contributed by atoms with Crippen molar-refractivity contribution in [2.45, 2.75) is 77.3 Å². The lowest BCUT2D eigenvalue weighted by atomic mass is 10.2. The van der Waals surface area contributed by atoms with Gasteiger partial charge in [-0.3, -0.25) is 9.34 Å². The summed E-state index contributed by atoms with van der Waals surface area (Å²) in [6.45, 7) is 11.5. The molecule has 0 amide bonds. The largest absolute Gasteiger partial charge is 0.508 e. The van der Waals surface area contributed by atoms with Gasteiger partial charge in [0.1, 0.15) is 13.1 Å². The Morgan fingerprint density at radius 2 is 1.43 bits per heavy atom. The van der Waals surface area contributed by atoms with Crippen molar-refractivity contribution < 1.29 is 5.11 Å². The standard InChI is InChI=1S/C23H39N4OPS/c1-23(2,3)29(26-15-8-4-5-9-16-26,27-17-10-6-7-11-18-27)25-22(30)24-20-13-12-14-21(28)19-20/h12-14,19,28H,4-11,15-18H2,1-3H3,(H,24,30). The van der Waals surface area contributed by atoms with Crippen LogP contribution in [0.2, 0.25) is 0 Å². The van der Waals surface area contributed by atoms with Gasteiger partial charge in [-0.2, -0.15) is 0 Å². The van der Waals surface area contributed by atoms with Crippen molar-refractivity contribution in [1.82, 2.24) is 9.34 Å². The molecule has 0 saturated carbocycles. The molecule has 0 spiro atoms. The van der Waals surface area contributed by atoms with E-state index in [2.05, 4.69) is 35.4 Å². The van der Waals surface area contributed by atoms with Crippen molar-refractivity contribution in [3.63, 3.8) is 0 Å². The number of nitrogens with zero attached hydrogens (tertiary/aromatic N) is 3. The molecule has 0 aromatic heterocycles. The minimum Gasteiger partial charge on any atom is -0.508 e. The van der Waals surface area contributed by atoms with E-state index in [1.54, 1.807) is 12.1 Å². The number of phenols is 1. The van der Waals surface area contributed by atoms with Crippen LogP contribution in [-0.2, 0) is 0 Å². The van der Waals surface area contributed by atoms with Crippen LogP contribution in [0.25, 0.3) is 0 Å². The average molecular weight is 451 g/mol. The van der Waals surface area contributed by atoms with Crippen LogP contribution in [0.1, 0.15) is 72.1 Å². The number of anilines is 1. The third kappa shape index (κ3) is 5.64. The highest BCUT2D eigenvalue weighted by Crippen LogP contribution is 2.66. The van der Waals surface area contributed by atoms with Crippen LogP contribution in [0.15, 0.2) is 29.0 Å². The molecule has 0 radical (unpaired) electrons. The minimum absolute atomic E-state index is 0.00620. The predicted molar refractivity (Wildman–Crippen MR) is 134 cm³/mol. The van der Waals surface area contributed by atoms with Crippen LogP contribution in [0, 0.1) is 0 Å². The summed E-state index contributed by atoms with van der Waals surface area (Å²) >= 11 is 5.82. The molecule has 1 aromatic rings. The minimum atomic E-state index is -2.07. The van der Waals surface area contributed by atoms with Gasteiger partial charge in [-0.05, 0) is 50.0 Å². The van der Waals surface area contributed by atoms with Crippen LogP contribution in [0.3, 0.4) is 0 Å². The SMILES string of the molecule is CC(C)(C)P(=NC(=S)Nc1cccc(O)c1)(N1CCCCCC1)N1CCCCCC1. The lowest BCUT2D eigenvalue weighted by Gasteiger charge is -2.50. The van der Waals surface area contributed by atoms with Gasteiger partial charge in [0.2, 0.25) is 0 Å². The summed E-state index contributed by atoms with van der Waals surface area (Å²) < 4.78 is 10.9. The van der Waals surface area contributed by atoms with Crippen molar-refractivity contribution in [2.24, 2.45) is 4.74 Å². The average Bonchev–Trinajstić information content (AvgIpc) is 3.11. The second-order valence-corrected chi connectivity index (χ2v) is 13.8. The van der Waals surface area contributed by atoms with Crippen LogP contribution >= 0.6 is 19.6 Å². The summed E-state index contributed by atoms with van der Waals surface area (Å²) in [5.41, 5.74) is 0.794. The third-order valence-electron chi connectivity index (χ3n) is 6.18. The Bertz CT molecular complexity index is 737. The first kappa shape index (κ1) is 23.7.